The molecule has 0 aliphatic rings. The molecule has 0 saturated heterocycles. The molecule has 1 heterocycles. The van der Waals surface area contributed by atoms with Crippen molar-refractivity contribution in [1.29, 1.82) is 0 Å². The van der Waals surface area contributed by atoms with Crippen LogP contribution in [0.5, 0.6) is 0 Å². The summed E-state index contributed by atoms with van der Waals surface area (Å²) < 4.78 is 1.15. The second kappa shape index (κ2) is 7.47. The van der Waals surface area contributed by atoms with Crippen molar-refractivity contribution in [3.63, 3.8) is 0 Å². The fourth-order valence-electron chi connectivity index (χ4n) is 1.98. The summed E-state index contributed by atoms with van der Waals surface area (Å²) in [5, 5.41) is 15.9. The van der Waals surface area contributed by atoms with Crippen molar-refractivity contribution in [3.05, 3.63) is 65.2 Å². The van der Waals surface area contributed by atoms with Gasteiger partial charge >= 0.3 is 0 Å². The summed E-state index contributed by atoms with van der Waals surface area (Å²) in [6.07, 6.45) is 1.60. The van der Waals surface area contributed by atoms with E-state index in [1.807, 2.05) is 42.5 Å². The average Bonchev–Trinajstić information content (AvgIpc) is 3.11. The van der Waals surface area contributed by atoms with Gasteiger partial charge in [0.25, 0.3) is 5.91 Å². The molecule has 120 valence electrons. The highest BCUT2D eigenvalue weighted by Gasteiger charge is 2.14. The van der Waals surface area contributed by atoms with Gasteiger partial charge in [-0.1, -0.05) is 54.1 Å². The predicted molar refractivity (Wildman–Crippen MR) is 90.9 cm³/mol. The van der Waals surface area contributed by atoms with E-state index in [9.17, 15) is 4.79 Å². The van der Waals surface area contributed by atoms with Crippen LogP contribution in [0.25, 0.3) is 11.4 Å². The van der Waals surface area contributed by atoms with Gasteiger partial charge < -0.3 is 5.43 Å². The lowest BCUT2D eigenvalue weighted by Gasteiger charge is -2.03. The molecule has 24 heavy (non-hydrogen) atoms. The molecule has 0 unspecified atom stereocenters. The number of halogens is 1. The van der Waals surface area contributed by atoms with Crippen molar-refractivity contribution in [2.24, 2.45) is 5.10 Å². The molecule has 0 spiro atoms. The molecule has 0 aliphatic heterocycles. The van der Waals surface area contributed by atoms with Gasteiger partial charge in [0.2, 0.25) is 0 Å². The van der Waals surface area contributed by atoms with Gasteiger partial charge in [-0.05, 0) is 28.1 Å². The lowest BCUT2D eigenvalue weighted by molar-refractivity contribution is 0.0897. The minimum absolute atomic E-state index is 0.0328. The van der Waals surface area contributed by atoms with E-state index < -0.39 is 0 Å². The molecule has 0 fully saturated rings. The number of carbonyl (C=O) groups excluding carboxylic acids is 1. The third kappa shape index (κ3) is 3.82. The Morgan fingerprint density at radius 2 is 1.92 bits per heavy atom. The summed E-state index contributed by atoms with van der Waals surface area (Å²) in [7, 11) is 0. The van der Waals surface area contributed by atoms with Crippen LogP contribution in [0.1, 0.15) is 10.4 Å². The van der Waals surface area contributed by atoms with Crippen molar-refractivity contribution in [3.8, 4) is 11.4 Å². The summed E-state index contributed by atoms with van der Waals surface area (Å²) in [4.78, 5) is 12.2. The van der Waals surface area contributed by atoms with E-state index in [1.165, 1.54) is 0 Å². The predicted octanol–water partition coefficient (Wildman–Crippen LogP) is 2.26. The number of carbonyl (C=O) groups is 1. The number of aromatic nitrogens is 4. The first-order chi connectivity index (χ1) is 11.7. The standard InChI is InChI=1S/C16H13ClN6O/c17-14-8-6-12(7-9-14)10-18-19-11-15(24)23-16(20-21-22-23)13-4-2-1-3-5-13/h1-10,19H,11H2/b18-10+. The Hall–Kier alpha value is -3.06. The van der Waals surface area contributed by atoms with Crippen molar-refractivity contribution in [1.82, 2.24) is 25.6 Å². The maximum atomic E-state index is 12.2. The Morgan fingerprint density at radius 3 is 2.67 bits per heavy atom. The third-order valence-corrected chi connectivity index (χ3v) is 3.39. The second-order valence-corrected chi connectivity index (χ2v) is 5.26. The molecule has 0 aliphatic carbocycles. The number of tetrazole rings is 1. The SMILES string of the molecule is O=C(CN/N=C/c1ccc(Cl)cc1)n1nnnc1-c1ccccc1. The van der Waals surface area contributed by atoms with Crippen LogP contribution in [-0.2, 0) is 0 Å². The average molecular weight is 341 g/mol. The minimum Gasteiger partial charge on any atom is -0.301 e. The van der Waals surface area contributed by atoms with E-state index >= 15 is 0 Å². The van der Waals surface area contributed by atoms with Crippen LogP contribution in [0.2, 0.25) is 5.02 Å². The lowest BCUT2D eigenvalue weighted by Crippen LogP contribution is -2.25. The molecule has 0 radical (unpaired) electrons. The number of rotatable bonds is 5. The number of hydrazone groups is 1. The summed E-state index contributed by atoms with van der Waals surface area (Å²) in [6, 6.07) is 16.4. The zero-order chi connectivity index (χ0) is 16.8. The minimum atomic E-state index is -0.313. The second-order valence-electron chi connectivity index (χ2n) is 4.82. The van der Waals surface area contributed by atoms with E-state index in [0.717, 1.165) is 15.8 Å². The van der Waals surface area contributed by atoms with Crippen LogP contribution in [0, 0.1) is 0 Å². The van der Waals surface area contributed by atoms with Crippen molar-refractivity contribution in [2.75, 3.05) is 6.54 Å². The molecule has 1 N–H and O–H groups in total. The van der Waals surface area contributed by atoms with Crippen LogP contribution < -0.4 is 5.43 Å². The van der Waals surface area contributed by atoms with Crippen molar-refractivity contribution < 1.29 is 4.79 Å². The first-order valence-electron chi connectivity index (χ1n) is 7.12. The molecule has 2 aromatic carbocycles. The number of hydrogen-bond acceptors (Lipinski definition) is 6. The molecule has 3 aromatic rings. The van der Waals surface area contributed by atoms with Gasteiger partial charge in [0.15, 0.2) is 5.82 Å². The number of nitrogens with zero attached hydrogens (tertiary/aromatic N) is 5. The smallest absolute Gasteiger partial charge is 0.271 e. The van der Waals surface area contributed by atoms with Gasteiger partial charge in [-0.2, -0.15) is 9.78 Å². The van der Waals surface area contributed by atoms with Gasteiger partial charge in [-0.25, -0.2) is 0 Å². The van der Waals surface area contributed by atoms with Gasteiger partial charge in [-0.3, -0.25) is 4.79 Å². The van der Waals surface area contributed by atoms with Crippen LogP contribution in [0.3, 0.4) is 0 Å². The van der Waals surface area contributed by atoms with Crippen molar-refractivity contribution in [2.45, 2.75) is 0 Å². The molecule has 0 bridgehead atoms. The topological polar surface area (TPSA) is 85.1 Å². The van der Waals surface area contributed by atoms with Gasteiger partial charge in [0.05, 0.1) is 6.21 Å². The Morgan fingerprint density at radius 1 is 1.17 bits per heavy atom. The largest absolute Gasteiger partial charge is 0.301 e. The zero-order valence-corrected chi connectivity index (χ0v) is 13.3. The highest BCUT2D eigenvalue weighted by molar-refractivity contribution is 6.30. The van der Waals surface area contributed by atoms with Crippen LogP contribution >= 0.6 is 11.6 Å². The number of nitrogens with one attached hydrogen (secondary N) is 1. The molecule has 3 rings (SSSR count). The van der Waals surface area contributed by atoms with E-state index in [4.69, 9.17) is 11.6 Å². The van der Waals surface area contributed by atoms with Crippen LogP contribution in [-0.4, -0.2) is 38.9 Å². The summed E-state index contributed by atoms with van der Waals surface area (Å²) >= 11 is 5.81. The number of hydrogen-bond donors (Lipinski definition) is 1. The Labute approximate surface area is 143 Å². The molecule has 0 saturated carbocycles. The van der Waals surface area contributed by atoms with Crippen LogP contribution in [0.4, 0.5) is 0 Å². The highest BCUT2D eigenvalue weighted by atomic mass is 35.5. The van der Waals surface area contributed by atoms with E-state index in [-0.39, 0.29) is 12.5 Å². The Bertz CT molecular complexity index is 845. The molecule has 0 amide bonds. The molecule has 0 atom stereocenters. The normalized spacial score (nSPS) is 10.9. The van der Waals surface area contributed by atoms with E-state index in [2.05, 4.69) is 26.1 Å². The van der Waals surface area contributed by atoms with E-state index in [1.54, 1.807) is 18.3 Å². The van der Waals surface area contributed by atoms with Crippen LogP contribution in [0.15, 0.2) is 59.7 Å². The highest BCUT2D eigenvalue weighted by Crippen LogP contribution is 2.14. The van der Waals surface area contributed by atoms with Gasteiger partial charge in [0, 0.05) is 10.6 Å². The first-order valence-corrected chi connectivity index (χ1v) is 7.50. The fourth-order valence-corrected chi connectivity index (χ4v) is 2.11. The molecular weight excluding hydrogens is 328 g/mol. The number of benzene rings is 2. The molecule has 7 nitrogen and oxygen atoms in total. The quantitative estimate of drug-likeness (QED) is 0.437. The molecule has 8 heteroatoms. The first kappa shape index (κ1) is 15.8. The third-order valence-electron chi connectivity index (χ3n) is 3.14. The summed E-state index contributed by atoms with van der Waals surface area (Å²) in [5.74, 6) is 0.0798. The lowest BCUT2D eigenvalue weighted by atomic mass is 10.2. The van der Waals surface area contributed by atoms with Gasteiger partial charge in [0.1, 0.15) is 6.54 Å². The molecular formula is C16H13ClN6O. The Kier molecular flexibility index (Phi) is 4.93. The fraction of sp³-hybridized carbons (Fsp3) is 0.0625. The monoisotopic (exact) mass is 340 g/mol. The maximum absolute atomic E-state index is 12.2. The molecule has 1 aromatic heterocycles. The van der Waals surface area contributed by atoms with Crippen molar-refractivity contribution >= 4 is 23.7 Å². The van der Waals surface area contributed by atoms with Gasteiger partial charge in [-0.15, -0.1) is 5.10 Å². The Balaban J connectivity index is 1.62. The summed E-state index contributed by atoms with van der Waals surface area (Å²) in [5.41, 5.74) is 4.32. The zero-order valence-electron chi connectivity index (χ0n) is 12.5. The maximum Gasteiger partial charge on any atom is 0.271 e. The summed E-state index contributed by atoms with van der Waals surface area (Å²) in [6.45, 7) is -0.0328. The van der Waals surface area contributed by atoms with E-state index in [0.29, 0.717) is 10.8 Å².